The molecule has 24 heavy (non-hydrogen) atoms. The van der Waals surface area contributed by atoms with Gasteiger partial charge in [0.05, 0.1) is 18.1 Å². The number of aromatic nitrogens is 4. The van der Waals surface area contributed by atoms with Crippen LogP contribution in [0.25, 0.3) is 17.1 Å². The molecule has 0 saturated carbocycles. The number of hydrogen-bond donors (Lipinski definition) is 1. The van der Waals surface area contributed by atoms with E-state index in [9.17, 15) is 4.79 Å². The Morgan fingerprint density at radius 3 is 2.83 bits per heavy atom. The van der Waals surface area contributed by atoms with Gasteiger partial charge < -0.3 is 4.42 Å². The normalized spacial score (nSPS) is 10.7. The van der Waals surface area contributed by atoms with Gasteiger partial charge >= 0.3 is 0 Å². The highest BCUT2D eigenvalue weighted by molar-refractivity contribution is 7.14. The quantitative estimate of drug-likeness (QED) is 0.618. The fourth-order valence-corrected chi connectivity index (χ4v) is 2.78. The largest absolute Gasteiger partial charge is 0.463 e. The number of amides is 1. The first-order chi connectivity index (χ1) is 11.8. The fourth-order valence-electron chi connectivity index (χ4n) is 2.08. The topological polar surface area (TPSA) is 85.8 Å². The molecule has 0 aliphatic carbocycles. The lowest BCUT2D eigenvalue weighted by Gasteiger charge is -1.98. The predicted molar refractivity (Wildman–Crippen MR) is 89.1 cm³/mol. The summed E-state index contributed by atoms with van der Waals surface area (Å²) in [4.78, 5) is 18.0. The molecule has 4 aromatic rings. The molecule has 118 valence electrons. The summed E-state index contributed by atoms with van der Waals surface area (Å²) in [6.07, 6.45) is 3.00. The van der Waals surface area contributed by atoms with E-state index in [0.29, 0.717) is 16.6 Å². The highest BCUT2D eigenvalue weighted by Gasteiger charge is 2.14. The summed E-state index contributed by atoms with van der Waals surface area (Å²) in [5.41, 5.74) is 1.67. The Labute approximate surface area is 140 Å². The molecule has 0 unspecified atom stereocenters. The summed E-state index contributed by atoms with van der Waals surface area (Å²) < 4.78 is 5.28. The van der Waals surface area contributed by atoms with Gasteiger partial charge in [-0.05, 0) is 24.3 Å². The van der Waals surface area contributed by atoms with E-state index in [1.165, 1.54) is 22.3 Å². The summed E-state index contributed by atoms with van der Waals surface area (Å²) in [6, 6.07) is 13.0. The third-order valence-corrected chi connectivity index (χ3v) is 3.97. The Morgan fingerprint density at radius 1 is 1.17 bits per heavy atom. The molecule has 0 bridgehead atoms. The van der Waals surface area contributed by atoms with Gasteiger partial charge in [-0.15, -0.1) is 16.4 Å². The Balaban J connectivity index is 1.50. The number of thiazole rings is 1. The van der Waals surface area contributed by atoms with Crippen molar-refractivity contribution in [2.75, 3.05) is 5.32 Å². The van der Waals surface area contributed by atoms with Gasteiger partial charge in [-0.2, -0.15) is 9.90 Å². The van der Waals surface area contributed by atoms with E-state index >= 15 is 0 Å². The second-order valence-electron chi connectivity index (χ2n) is 4.82. The van der Waals surface area contributed by atoms with E-state index < -0.39 is 0 Å². The van der Waals surface area contributed by atoms with Crippen LogP contribution in [-0.4, -0.2) is 25.9 Å². The van der Waals surface area contributed by atoms with Crippen LogP contribution in [0.5, 0.6) is 0 Å². The lowest BCUT2D eigenvalue weighted by atomic mass is 10.3. The standard InChI is InChI=1S/C16H11N5O2S/c22-15(12-9-17-21(20-12)11-5-2-1-3-6-11)19-16-18-13(10-24-16)14-7-4-8-23-14/h1-10H,(H,18,19,22). The van der Waals surface area contributed by atoms with Crippen molar-refractivity contribution < 1.29 is 9.21 Å². The van der Waals surface area contributed by atoms with Gasteiger partial charge in [-0.3, -0.25) is 10.1 Å². The first kappa shape index (κ1) is 14.3. The molecule has 0 aliphatic rings. The minimum Gasteiger partial charge on any atom is -0.463 e. The monoisotopic (exact) mass is 337 g/mol. The third kappa shape index (κ3) is 2.82. The molecule has 0 saturated heterocycles. The number of rotatable bonds is 4. The highest BCUT2D eigenvalue weighted by Crippen LogP contribution is 2.25. The maximum absolute atomic E-state index is 12.3. The Kier molecular flexibility index (Phi) is 3.64. The molecule has 7 nitrogen and oxygen atoms in total. The number of nitrogens with zero attached hydrogens (tertiary/aromatic N) is 4. The first-order valence-electron chi connectivity index (χ1n) is 7.08. The SMILES string of the molecule is O=C(Nc1nc(-c2ccco2)cs1)c1cnn(-c2ccccc2)n1. The summed E-state index contributed by atoms with van der Waals surface area (Å²) in [7, 11) is 0. The van der Waals surface area contributed by atoms with Gasteiger partial charge in [0, 0.05) is 5.38 Å². The van der Waals surface area contributed by atoms with Crippen molar-refractivity contribution in [1.29, 1.82) is 0 Å². The molecular formula is C16H11N5O2S. The molecule has 1 N–H and O–H groups in total. The van der Waals surface area contributed by atoms with Crippen molar-refractivity contribution in [3.8, 4) is 17.1 Å². The lowest BCUT2D eigenvalue weighted by Crippen LogP contribution is -2.13. The van der Waals surface area contributed by atoms with Crippen molar-refractivity contribution in [2.24, 2.45) is 0 Å². The molecule has 1 aromatic carbocycles. The predicted octanol–water partition coefficient (Wildman–Crippen LogP) is 3.24. The number of carbonyl (C=O) groups excluding carboxylic acids is 1. The molecular weight excluding hydrogens is 326 g/mol. The number of carbonyl (C=O) groups is 1. The van der Waals surface area contributed by atoms with Crippen LogP contribution in [0.3, 0.4) is 0 Å². The maximum Gasteiger partial charge on any atom is 0.279 e. The molecule has 3 heterocycles. The first-order valence-corrected chi connectivity index (χ1v) is 7.96. The minimum absolute atomic E-state index is 0.216. The van der Waals surface area contributed by atoms with Crippen LogP contribution < -0.4 is 5.32 Å². The van der Waals surface area contributed by atoms with Crippen LogP contribution in [0.15, 0.2) is 64.7 Å². The summed E-state index contributed by atoms with van der Waals surface area (Å²) in [5.74, 6) is 0.291. The number of para-hydroxylation sites is 1. The molecule has 0 spiro atoms. The molecule has 0 fully saturated rings. The van der Waals surface area contributed by atoms with Crippen LogP contribution in [0.2, 0.25) is 0 Å². The summed E-state index contributed by atoms with van der Waals surface area (Å²) >= 11 is 1.32. The average Bonchev–Trinajstić information content (AvgIpc) is 3.36. The molecule has 0 radical (unpaired) electrons. The van der Waals surface area contributed by atoms with Crippen molar-refractivity contribution in [2.45, 2.75) is 0 Å². The highest BCUT2D eigenvalue weighted by atomic mass is 32.1. The van der Waals surface area contributed by atoms with Crippen molar-refractivity contribution in [1.82, 2.24) is 20.0 Å². The van der Waals surface area contributed by atoms with E-state index in [2.05, 4.69) is 20.5 Å². The van der Waals surface area contributed by atoms with E-state index in [1.54, 1.807) is 12.3 Å². The molecule has 4 rings (SSSR count). The zero-order valence-electron chi connectivity index (χ0n) is 12.3. The van der Waals surface area contributed by atoms with Gasteiger partial charge in [0.15, 0.2) is 16.6 Å². The summed E-state index contributed by atoms with van der Waals surface area (Å²) in [6.45, 7) is 0. The second kappa shape index (κ2) is 6.09. The van der Waals surface area contributed by atoms with Gasteiger partial charge in [0.2, 0.25) is 0 Å². The minimum atomic E-state index is -0.363. The van der Waals surface area contributed by atoms with Crippen LogP contribution >= 0.6 is 11.3 Å². The van der Waals surface area contributed by atoms with E-state index in [0.717, 1.165) is 5.69 Å². The lowest BCUT2D eigenvalue weighted by molar-refractivity contribution is 0.102. The fraction of sp³-hybridized carbons (Fsp3) is 0. The van der Waals surface area contributed by atoms with Gasteiger partial charge in [0.1, 0.15) is 5.69 Å². The van der Waals surface area contributed by atoms with Crippen LogP contribution in [0.4, 0.5) is 5.13 Å². The zero-order valence-corrected chi connectivity index (χ0v) is 13.1. The van der Waals surface area contributed by atoms with Gasteiger partial charge in [-0.25, -0.2) is 4.98 Å². The number of hydrogen-bond acceptors (Lipinski definition) is 6. The van der Waals surface area contributed by atoms with E-state index in [-0.39, 0.29) is 11.6 Å². The van der Waals surface area contributed by atoms with Gasteiger partial charge in [-0.1, -0.05) is 18.2 Å². The van der Waals surface area contributed by atoms with Crippen LogP contribution in [0, 0.1) is 0 Å². The van der Waals surface area contributed by atoms with Crippen LogP contribution in [0.1, 0.15) is 10.5 Å². The number of benzene rings is 1. The third-order valence-electron chi connectivity index (χ3n) is 3.21. The number of furan rings is 1. The Hall–Kier alpha value is -3.26. The van der Waals surface area contributed by atoms with Crippen molar-refractivity contribution in [3.63, 3.8) is 0 Å². The molecule has 3 aromatic heterocycles. The summed E-state index contributed by atoms with van der Waals surface area (Å²) in [5, 5.41) is 13.3. The van der Waals surface area contributed by atoms with E-state index in [4.69, 9.17) is 4.42 Å². The zero-order chi connectivity index (χ0) is 16.4. The Bertz CT molecular complexity index is 959. The number of anilines is 1. The van der Waals surface area contributed by atoms with E-state index in [1.807, 2.05) is 41.8 Å². The van der Waals surface area contributed by atoms with Crippen molar-refractivity contribution >= 4 is 22.4 Å². The molecule has 0 atom stereocenters. The van der Waals surface area contributed by atoms with Crippen LogP contribution in [-0.2, 0) is 0 Å². The molecule has 8 heteroatoms. The van der Waals surface area contributed by atoms with Gasteiger partial charge in [0.25, 0.3) is 5.91 Å². The second-order valence-corrected chi connectivity index (χ2v) is 5.68. The van der Waals surface area contributed by atoms with Crippen molar-refractivity contribution in [3.05, 3.63) is 66.0 Å². The molecule has 0 aliphatic heterocycles. The maximum atomic E-state index is 12.3. The smallest absolute Gasteiger partial charge is 0.279 e. The molecule has 1 amide bonds. The average molecular weight is 337 g/mol. The number of nitrogens with one attached hydrogen (secondary N) is 1. The Morgan fingerprint density at radius 2 is 2.04 bits per heavy atom.